The van der Waals surface area contributed by atoms with Crippen molar-refractivity contribution >= 4 is 48.6 Å². The SMILES string of the molecule is CC1(C)c2ccccc2-c2ccc(N(c3ccc4c(c3)C(C)(C)c3ccccc3-4)c3cccc(-c4ccccc4-c4ccccc4)c3-c3cccc4sc5ccccc5c34)cc21. The summed E-state index contributed by atoms with van der Waals surface area (Å²) in [6.45, 7) is 9.54. The average Bonchev–Trinajstić information content (AvgIpc) is 3.89. The first kappa shape index (κ1) is 36.8. The fourth-order valence-corrected chi connectivity index (χ4v) is 12.0. The van der Waals surface area contributed by atoms with E-state index in [4.69, 9.17) is 0 Å². The van der Waals surface area contributed by atoms with Gasteiger partial charge in [-0.2, -0.15) is 0 Å². The summed E-state index contributed by atoms with van der Waals surface area (Å²) in [5.41, 5.74) is 21.2. The van der Waals surface area contributed by atoms with E-state index in [1.807, 2.05) is 11.3 Å². The van der Waals surface area contributed by atoms with Crippen molar-refractivity contribution in [3.05, 3.63) is 222 Å². The van der Waals surface area contributed by atoms with E-state index in [1.54, 1.807) is 0 Å². The van der Waals surface area contributed by atoms with E-state index < -0.39 is 0 Å². The molecule has 0 unspecified atom stereocenters. The maximum absolute atomic E-state index is 2.57. The van der Waals surface area contributed by atoms with Gasteiger partial charge in [-0.05, 0) is 115 Å². The Morgan fingerprint density at radius 1 is 0.355 bits per heavy atom. The zero-order valence-corrected chi connectivity index (χ0v) is 36.2. The molecular formula is C60H45NS. The lowest BCUT2D eigenvalue weighted by Gasteiger charge is -2.32. The maximum atomic E-state index is 2.57. The van der Waals surface area contributed by atoms with E-state index in [0.717, 1.165) is 17.1 Å². The Bertz CT molecular complexity index is 3310. The number of anilines is 3. The van der Waals surface area contributed by atoms with Gasteiger partial charge in [0.15, 0.2) is 0 Å². The summed E-state index contributed by atoms with van der Waals surface area (Å²) in [5, 5.41) is 2.59. The van der Waals surface area contributed by atoms with Crippen LogP contribution >= 0.6 is 11.3 Å². The van der Waals surface area contributed by atoms with Gasteiger partial charge in [0.25, 0.3) is 0 Å². The molecule has 1 heterocycles. The molecule has 2 aliphatic rings. The third-order valence-electron chi connectivity index (χ3n) is 13.9. The van der Waals surface area contributed by atoms with Gasteiger partial charge < -0.3 is 4.90 Å². The number of benzene rings is 9. The van der Waals surface area contributed by atoms with Crippen LogP contribution in [0.3, 0.4) is 0 Å². The highest BCUT2D eigenvalue weighted by molar-refractivity contribution is 7.25. The zero-order valence-electron chi connectivity index (χ0n) is 35.4. The van der Waals surface area contributed by atoms with Gasteiger partial charge in [-0.3, -0.25) is 0 Å². The van der Waals surface area contributed by atoms with Crippen molar-refractivity contribution in [2.45, 2.75) is 38.5 Å². The van der Waals surface area contributed by atoms with E-state index in [2.05, 4.69) is 233 Å². The molecule has 62 heavy (non-hydrogen) atoms. The minimum Gasteiger partial charge on any atom is -0.310 e. The Hall–Kier alpha value is -7.00. The Morgan fingerprint density at radius 3 is 1.50 bits per heavy atom. The zero-order chi connectivity index (χ0) is 41.7. The molecule has 296 valence electrons. The summed E-state index contributed by atoms with van der Waals surface area (Å²) >= 11 is 1.88. The molecule has 0 bridgehead atoms. The Balaban J connectivity index is 1.19. The van der Waals surface area contributed by atoms with Crippen molar-refractivity contribution < 1.29 is 0 Å². The van der Waals surface area contributed by atoms with Crippen LogP contribution in [0.5, 0.6) is 0 Å². The van der Waals surface area contributed by atoms with Crippen molar-refractivity contribution in [1.82, 2.24) is 0 Å². The van der Waals surface area contributed by atoms with Crippen LogP contribution in [0.2, 0.25) is 0 Å². The number of fused-ring (bicyclic) bond motifs is 9. The van der Waals surface area contributed by atoms with Crippen molar-refractivity contribution in [2.24, 2.45) is 0 Å². The number of nitrogens with zero attached hydrogens (tertiary/aromatic N) is 1. The molecule has 9 aromatic carbocycles. The van der Waals surface area contributed by atoms with Crippen molar-refractivity contribution in [3.63, 3.8) is 0 Å². The number of thiophene rings is 1. The highest BCUT2D eigenvalue weighted by Crippen LogP contribution is 2.56. The van der Waals surface area contributed by atoms with Crippen LogP contribution < -0.4 is 4.90 Å². The molecule has 0 saturated carbocycles. The predicted molar refractivity (Wildman–Crippen MR) is 265 cm³/mol. The van der Waals surface area contributed by atoms with Crippen LogP contribution in [-0.4, -0.2) is 0 Å². The standard InChI is InChI=1S/C60H45NS/c1-59(2)50-27-13-10-22-43(50)45-34-32-39(36-52(45)59)61(40-33-35-46-44-23-11-14-28-51(44)60(3,4)53(46)37-40)54-29-16-25-47(42-21-9-8-20-41(42)38-18-6-5-7-19-38)57(54)49-26-17-31-56-58(49)48-24-12-15-30-55(48)62-56/h5-37H,1-4H3. The van der Waals surface area contributed by atoms with Crippen molar-refractivity contribution in [1.29, 1.82) is 0 Å². The summed E-state index contributed by atoms with van der Waals surface area (Å²) < 4.78 is 2.60. The van der Waals surface area contributed by atoms with E-state index in [0.29, 0.717) is 0 Å². The smallest absolute Gasteiger partial charge is 0.0546 e. The molecule has 0 fully saturated rings. The van der Waals surface area contributed by atoms with Gasteiger partial charge in [-0.15, -0.1) is 11.3 Å². The van der Waals surface area contributed by atoms with Gasteiger partial charge in [-0.25, -0.2) is 0 Å². The molecule has 1 nitrogen and oxygen atoms in total. The molecule has 1 aromatic heterocycles. The first-order valence-corrected chi connectivity index (χ1v) is 22.6. The molecule has 0 atom stereocenters. The highest BCUT2D eigenvalue weighted by atomic mass is 32.1. The fourth-order valence-electron chi connectivity index (χ4n) is 10.9. The first-order valence-electron chi connectivity index (χ1n) is 21.8. The highest BCUT2D eigenvalue weighted by Gasteiger charge is 2.38. The van der Waals surface area contributed by atoms with Gasteiger partial charge >= 0.3 is 0 Å². The third kappa shape index (κ3) is 5.39. The number of hydrogen-bond acceptors (Lipinski definition) is 2. The summed E-state index contributed by atoms with van der Waals surface area (Å²) in [7, 11) is 0. The Labute approximate surface area is 368 Å². The second-order valence-corrected chi connectivity index (χ2v) is 19.1. The van der Waals surface area contributed by atoms with Crippen LogP contribution in [0.4, 0.5) is 17.1 Å². The fraction of sp³-hybridized carbons (Fsp3) is 0.100. The van der Waals surface area contributed by atoms with Crippen molar-refractivity contribution in [3.8, 4) is 55.6 Å². The molecule has 12 rings (SSSR count). The third-order valence-corrected chi connectivity index (χ3v) is 15.0. The number of hydrogen-bond donors (Lipinski definition) is 0. The van der Waals surface area contributed by atoms with Gasteiger partial charge in [0.1, 0.15) is 0 Å². The summed E-state index contributed by atoms with van der Waals surface area (Å²) in [5.74, 6) is 0. The molecule has 0 N–H and O–H groups in total. The average molecular weight is 812 g/mol. The summed E-state index contributed by atoms with van der Waals surface area (Å²) in [6, 6.07) is 75.0. The van der Waals surface area contributed by atoms with Crippen LogP contribution in [0.25, 0.3) is 75.8 Å². The summed E-state index contributed by atoms with van der Waals surface area (Å²) in [6.07, 6.45) is 0. The maximum Gasteiger partial charge on any atom is 0.0546 e. The lowest BCUT2D eigenvalue weighted by atomic mass is 9.82. The normalized spacial score (nSPS) is 14.1. The molecule has 0 spiro atoms. The number of rotatable bonds is 6. The topological polar surface area (TPSA) is 3.24 Å². The van der Waals surface area contributed by atoms with Crippen LogP contribution in [0.15, 0.2) is 200 Å². The molecular weight excluding hydrogens is 767 g/mol. The Kier molecular flexibility index (Phi) is 8.17. The van der Waals surface area contributed by atoms with Gasteiger partial charge in [0.05, 0.1) is 5.69 Å². The molecule has 0 radical (unpaired) electrons. The minimum atomic E-state index is -0.157. The first-order chi connectivity index (χ1) is 30.3. The molecule has 0 aliphatic heterocycles. The lowest BCUT2D eigenvalue weighted by Crippen LogP contribution is -2.18. The van der Waals surface area contributed by atoms with E-state index in [1.165, 1.54) is 98.1 Å². The summed E-state index contributed by atoms with van der Waals surface area (Å²) in [4.78, 5) is 2.57. The van der Waals surface area contributed by atoms with E-state index in [-0.39, 0.29) is 10.8 Å². The van der Waals surface area contributed by atoms with Crippen LogP contribution in [0.1, 0.15) is 49.9 Å². The van der Waals surface area contributed by atoms with Gasteiger partial charge in [0.2, 0.25) is 0 Å². The second-order valence-electron chi connectivity index (χ2n) is 18.0. The van der Waals surface area contributed by atoms with Crippen LogP contribution in [-0.2, 0) is 10.8 Å². The Morgan fingerprint density at radius 2 is 0.839 bits per heavy atom. The predicted octanol–water partition coefficient (Wildman–Crippen LogP) is 17.1. The lowest BCUT2D eigenvalue weighted by molar-refractivity contribution is 0.660. The molecule has 2 heteroatoms. The van der Waals surface area contributed by atoms with Gasteiger partial charge in [0, 0.05) is 47.9 Å². The van der Waals surface area contributed by atoms with Crippen molar-refractivity contribution in [2.75, 3.05) is 4.90 Å². The van der Waals surface area contributed by atoms with Gasteiger partial charge in [-0.1, -0.05) is 185 Å². The second kappa shape index (κ2) is 13.8. The van der Waals surface area contributed by atoms with E-state index >= 15 is 0 Å². The largest absolute Gasteiger partial charge is 0.310 e. The molecule has 0 saturated heterocycles. The molecule has 2 aliphatic carbocycles. The monoisotopic (exact) mass is 811 g/mol. The molecule has 10 aromatic rings. The quantitative estimate of drug-likeness (QED) is 0.162. The van der Waals surface area contributed by atoms with Crippen LogP contribution in [0, 0.1) is 0 Å². The molecule has 0 amide bonds. The van der Waals surface area contributed by atoms with E-state index in [9.17, 15) is 0 Å². The minimum absolute atomic E-state index is 0.157.